The van der Waals surface area contributed by atoms with E-state index in [-0.39, 0.29) is 19.4 Å². The van der Waals surface area contributed by atoms with Crippen LogP contribution in [0, 0.1) is 0 Å². The first kappa shape index (κ1) is 23.2. The molecule has 9 atom stereocenters. The van der Waals surface area contributed by atoms with E-state index in [1.54, 1.807) is 0 Å². The van der Waals surface area contributed by atoms with E-state index in [1.807, 2.05) is 0 Å². The zero-order valence-corrected chi connectivity index (χ0v) is 12.7. The average Bonchev–Trinajstić information content (AvgIpc) is 2.60. The molecule has 0 aromatic rings. The highest BCUT2D eigenvalue weighted by Gasteiger charge is 2.42. The Bertz CT molecular complexity index is 358. The van der Waals surface area contributed by atoms with Gasteiger partial charge in [0.25, 0.3) is 0 Å². The Labute approximate surface area is 137 Å². The maximum Gasteiger partial charge on any atom is 0.184 e. The topological polar surface area (TPSA) is 240 Å². The fourth-order valence-electron chi connectivity index (χ4n) is 1.78. The minimum atomic E-state index is -1.71. The lowest BCUT2D eigenvalue weighted by Gasteiger charge is -2.37. The largest absolute Gasteiger partial charge is 0.389 e. The van der Waals surface area contributed by atoms with Crippen LogP contribution < -0.4 is 11.5 Å². The van der Waals surface area contributed by atoms with Crippen LogP contribution in [-0.2, 0) is 9.53 Å². The Morgan fingerprint density at radius 3 is 1.88 bits per heavy atom. The molecule has 1 rings (SSSR count). The van der Waals surface area contributed by atoms with Gasteiger partial charge in [-0.25, -0.2) is 0 Å². The summed E-state index contributed by atoms with van der Waals surface area (Å²) >= 11 is 0. The van der Waals surface area contributed by atoms with E-state index in [1.165, 1.54) is 0 Å². The van der Waals surface area contributed by atoms with Gasteiger partial charge in [0.2, 0.25) is 0 Å². The first-order chi connectivity index (χ1) is 11.1. The standard InChI is InChI=1S/2C6H13NO5/c7-1-2-3(8)4(9)5(10)6(11)12-2;7-1-3(9)5(11)6(12)4(10)2-8/h2-6,8-11H,1,7H2;2-6,9-12H,1,7H2/t2?,3-,4+,5+,6-;3-,4+,5+,6-/m11/s1. The number of aliphatic hydroxyl groups excluding tert-OH is 8. The van der Waals surface area contributed by atoms with Crippen LogP contribution in [0.4, 0.5) is 0 Å². The fraction of sp³-hybridized carbons (Fsp3) is 0.917. The second-order valence-electron chi connectivity index (χ2n) is 5.18. The summed E-state index contributed by atoms with van der Waals surface area (Å²) in [6.45, 7) is -0.286. The van der Waals surface area contributed by atoms with Crippen LogP contribution in [0.3, 0.4) is 0 Å². The van der Waals surface area contributed by atoms with Crippen molar-refractivity contribution in [1.82, 2.24) is 0 Å². The molecule has 0 bridgehead atoms. The summed E-state index contributed by atoms with van der Waals surface area (Å²) < 4.78 is 4.70. The predicted molar refractivity (Wildman–Crippen MR) is 77.1 cm³/mol. The maximum absolute atomic E-state index is 9.93. The first-order valence-corrected chi connectivity index (χ1v) is 7.07. The zero-order chi connectivity index (χ0) is 19.0. The van der Waals surface area contributed by atoms with Gasteiger partial charge in [0.15, 0.2) is 12.6 Å². The Balaban J connectivity index is 0.000000441. The summed E-state index contributed by atoms with van der Waals surface area (Å²) in [4.78, 5) is 9.93. The third-order valence-electron chi connectivity index (χ3n) is 3.39. The van der Waals surface area contributed by atoms with Crippen molar-refractivity contribution in [1.29, 1.82) is 0 Å². The van der Waals surface area contributed by atoms with Crippen molar-refractivity contribution in [2.75, 3.05) is 13.1 Å². The molecule has 12 heteroatoms. The summed E-state index contributed by atoms with van der Waals surface area (Å²) in [6.07, 6.45) is -12.8. The number of hydrogen-bond acceptors (Lipinski definition) is 12. The Morgan fingerprint density at radius 2 is 1.46 bits per heavy atom. The second-order valence-corrected chi connectivity index (χ2v) is 5.18. The summed E-state index contributed by atoms with van der Waals surface area (Å²) in [6, 6.07) is 0. The number of rotatable bonds is 6. The molecule has 1 saturated heterocycles. The van der Waals surface area contributed by atoms with E-state index in [0.717, 1.165) is 0 Å². The molecule has 0 spiro atoms. The SMILES string of the molecule is NCC1O[C@@H](O)[C@@H](O)[C@@H](O)[C@@H]1O.NC[C@@H](O)[C@H](O)[C@H](O)[C@@H](O)C=O. The monoisotopic (exact) mass is 358 g/mol. The van der Waals surface area contributed by atoms with Gasteiger partial charge in [0.1, 0.15) is 42.7 Å². The quantitative estimate of drug-likeness (QED) is 0.199. The van der Waals surface area contributed by atoms with E-state index in [0.29, 0.717) is 0 Å². The molecule has 1 aliphatic heterocycles. The van der Waals surface area contributed by atoms with Gasteiger partial charge < -0.3 is 61.9 Å². The van der Waals surface area contributed by atoms with Crippen LogP contribution in [0.1, 0.15) is 0 Å². The van der Waals surface area contributed by atoms with Gasteiger partial charge in [0.05, 0.1) is 6.10 Å². The zero-order valence-electron chi connectivity index (χ0n) is 12.7. The van der Waals surface area contributed by atoms with Crippen molar-refractivity contribution in [2.24, 2.45) is 11.5 Å². The third-order valence-corrected chi connectivity index (χ3v) is 3.39. The lowest BCUT2D eigenvalue weighted by Crippen LogP contribution is -2.59. The minimum absolute atomic E-state index is 0.0258. The number of aldehydes is 1. The summed E-state index contributed by atoms with van der Waals surface area (Å²) in [7, 11) is 0. The van der Waals surface area contributed by atoms with Crippen molar-refractivity contribution in [2.45, 2.75) is 55.1 Å². The van der Waals surface area contributed by atoms with Gasteiger partial charge >= 0.3 is 0 Å². The maximum atomic E-state index is 9.93. The highest BCUT2D eigenvalue weighted by atomic mass is 16.6. The van der Waals surface area contributed by atoms with Crippen LogP contribution >= 0.6 is 0 Å². The Hall–Kier alpha value is -0.770. The van der Waals surface area contributed by atoms with Gasteiger partial charge in [-0.1, -0.05) is 0 Å². The van der Waals surface area contributed by atoms with Crippen LogP contribution in [0.2, 0.25) is 0 Å². The number of aliphatic hydroxyl groups is 8. The molecular weight excluding hydrogens is 332 g/mol. The van der Waals surface area contributed by atoms with Gasteiger partial charge in [0, 0.05) is 13.1 Å². The lowest BCUT2D eigenvalue weighted by molar-refractivity contribution is -0.279. The fourth-order valence-corrected chi connectivity index (χ4v) is 1.78. The summed E-state index contributed by atoms with van der Waals surface area (Å²) in [5, 5.41) is 71.8. The molecule has 0 radical (unpaired) electrons. The predicted octanol–water partition coefficient (Wildman–Crippen LogP) is -6.67. The number of hydrogen-bond donors (Lipinski definition) is 10. The molecule has 1 unspecified atom stereocenters. The third kappa shape index (κ3) is 6.27. The number of ether oxygens (including phenoxy) is 1. The van der Waals surface area contributed by atoms with E-state index in [9.17, 15) is 9.90 Å². The second kappa shape index (κ2) is 11.0. The van der Waals surface area contributed by atoms with Crippen LogP contribution in [-0.4, -0.2) is 115 Å². The summed E-state index contributed by atoms with van der Waals surface area (Å²) in [5.41, 5.74) is 10.1. The molecule has 0 saturated carbocycles. The van der Waals surface area contributed by atoms with Gasteiger partial charge in [-0.05, 0) is 0 Å². The molecule has 24 heavy (non-hydrogen) atoms. The van der Waals surface area contributed by atoms with Gasteiger partial charge in [-0.3, -0.25) is 0 Å². The van der Waals surface area contributed by atoms with E-state index in [4.69, 9.17) is 51.9 Å². The molecule has 12 N–H and O–H groups in total. The first-order valence-electron chi connectivity index (χ1n) is 7.07. The molecule has 0 aliphatic carbocycles. The van der Waals surface area contributed by atoms with Crippen molar-refractivity contribution in [3.8, 4) is 0 Å². The molecule has 1 heterocycles. The van der Waals surface area contributed by atoms with Crippen molar-refractivity contribution in [3.05, 3.63) is 0 Å². The average molecular weight is 358 g/mol. The number of carbonyl (C=O) groups excluding carboxylic acids is 1. The molecule has 12 nitrogen and oxygen atoms in total. The van der Waals surface area contributed by atoms with E-state index in [2.05, 4.69) is 0 Å². The molecule has 0 aromatic heterocycles. The van der Waals surface area contributed by atoms with Crippen LogP contribution in [0.25, 0.3) is 0 Å². The molecule has 0 aromatic carbocycles. The number of carbonyl (C=O) groups is 1. The van der Waals surface area contributed by atoms with E-state index >= 15 is 0 Å². The molecule has 1 fully saturated rings. The molecular formula is C12H26N2O10. The van der Waals surface area contributed by atoms with Gasteiger partial charge in [-0.2, -0.15) is 0 Å². The summed E-state index contributed by atoms with van der Waals surface area (Å²) in [5.74, 6) is 0. The molecule has 0 amide bonds. The van der Waals surface area contributed by atoms with Crippen molar-refractivity contribution >= 4 is 6.29 Å². The highest BCUT2D eigenvalue weighted by Crippen LogP contribution is 2.18. The lowest BCUT2D eigenvalue weighted by atomic mass is 9.99. The minimum Gasteiger partial charge on any atom is -0.389 e. The van der Waals surface area contributed by atoms with Gasteiger partial charge in [-0.15, -0.1) is 0 Å². The van der Waals surface area contributed by atoms with Crippen LogP contribution in [0.5, 0.6) is 0 Å². The van der Waals surface area contributed by atoms with Crippen molar-refractivity contribution < 1.29 is 50.4 Å². The normalized spacial score (nSPS) is 35.2. The smallest absolute Gasteiger partial charge is 0.184 e. The van der Waals surface area contributed by atoms with E-state index < -0.39 is 55.1 Å². The molecule has 144 valence electrons. The van der Waals surface area contributed by atoms with Crippen molar-refractivity contribution in [3.63, 3.8) is 0 Å². The van der Waals surface area contributed by atoms with Crippen LogP contribution in [0.15, 0.2) is 0 Å². The molecule has 1 aliphatic rings. The highest BCUT2D eigenvalue weighted by molar-refractivity contribution is 5.56. The Kier molecular flexibility index (Phi) is 10.6. The Morgan fingerprint density at radius 1 is 0.917 bits per heavy atom. The number of nitrogens with two attached hydrogens (primary N) is 2.